The fraction of sp³-hybridized carbons (Fsp3) is 0.500. The van der Waals surface area contributed by atoms with Crippen LogP contribution in [0.3, 0.4) is 0 Å². The molecule has 0 atom stereocenters. The highest BCUT2D eigenvalue weighted by molar-refractivity contribution is 5.41. The van der Waals surface area contributed by atoms with E-state index >= 15 is 0 Å². The summed E-state index contributed by atoms with van der Waals surface area (Å²) >= 11 is 0. The first-order chi connectivity index (χ1) is 7.48. The molecule has 0 fully saturated rings. The average Bonchev–Trinajstić information content (AvgIpc) is 2.28. The lowest BCUT2D eigenvalue weighted by molar-refractivity contribution is 0.370. The monoisotopic (exact) mass is 224 g/mol. The first kappa shape index (κ1) is 12.8. The van der Waals surface area contributed by atoms with Crippen LogP contribution in [-0.4, -0.2) is 24.3 Å². The van der Waals surface area contributed by atoms with Gasteiger partial charge in [-0.25, -0.2) is 0 Å². The summed E-state index contributed by atoms with van der Waals surface area (Å²) in [5.41, 5.74) is 6.58. The lowest BCUT2D eigenvalue weighted by Crippen LogP contribution is -2.45. The molecule has 4 heteroatoms. The quantitative estimate of drug-likeness (QED) is 0.703. The molecular formula is C12H20N2O2. The number of rotatable bonds is 5. The van der Waals surface area contributed by atoms with Crippen molar-refractivity contribution < 1.29 is 9.84 Å². The molecule has 0 unspecified atom stereocenters. The largest absolute Gasteiger partial charge is 0.504 e. The molecule has 90 valence electrons. The SMILES string of the molecule is COc1cc(CNC(C)(C)CN)ccc1O. The van der Waals surface area contributed by atoms with Crippen molar-refractivity contribution in [2.75, 3.05) is 13.7 Å². The highest BCUT2D eigenvalue weighted by Crippen LogP contribution is 2.26. The molecule has 1 aromatic rings. The van der Waals surface area contributed by atoms with Crippen molar-refractivity contribution >= 4 is 0 Å². The number of methoxy groups -OCH3 is 1. The Morgan fingerprint density at radius 2 is 2.12 bits per heavy atom. The number of ether oxygens (including phenoxy) is 1. The third-order valence-electron chi connectivity index (χ3n) is 2.53. The number of phenols is 1. The summed E-state index contributed by atoms with van der Waals surface area (Å²) in [4.78, 5) is 0. The first-order valence-electron chi connectivity index (χ1n) is 5.29. The van der Waals surface area contributed by atoms with Crippen molar-refractivity contribution in [3.05, 3.63) is 23.8 Å². The number of nitrogens with one attached hydrogen (secondary N) is 1. The van der Waals surface area contributed by atoms with Gasteiger partial charge in [0.25, 0.3) is 0 Å². The van der Waals surface area contributed by atoms with Gasteiger partial charge in [-0.15, -0.1) is 0 Å². The van der Waals surface area contributed by atoms with E-state index < -0.39 is 0 Å². The van der Waals surface area contributed by atoms with Crippen molar-refractivity contribution in [3.8, 4) is 11.5 Å². The summed E-state index contributed by atoms with van der Waals surface area (Å²) < 4.78 is 5.04. The maximum Gasteiger partial charge on any atom is 0.160 e. The van der Waals surface area contributed by atoms with Crippen LogP contribution < -0.4 is 15.8 Å². The van der Waals surface area contributed by atoms with Crippen LogP contribution in [0.5, 0.6) is 11.5 Å². The Morgan fingerprint density at radius 3 is 2.69 bits per heavy atom. The number of phenolic OH excluding ortho intramolecular Hbond substituents is 1. The maximum absolute atomic E-state index is 9.44. The number of hydrogen-bond acceptors (Lipinski definition) is 4. The average molecular weight is 224 g/mol. The van der Waals surface area contributed by atoms with Crippen molar-refractivity contribution in [3.63, 3.8) is 0 Å². The zero-order chi connectivity index (χ0) is 12.2. The Balaban J connectivity index is 2.68. The predicted octanol–water partition coefficient (Wildman–Crippen LogP) is 1.23. The number of nitrogens with two attached hydrogens (primary N) is 1. The molecule has 0 heterocycles. The highest BCUT2D eigenvalue weighted by atomic mass is 16.5. The standard InChI is InChI=1S/C12H20N2O2/c1-12(2,8-13)14-7-9-4-5-10(15)11(6-9)16-3/h4-6,14-15H,7-8,13H2,1-3H3. The molecule has 0 aromatic heterocycles. The number of aromatic hydroxyl groups is 1. The fourth-order valence-electron chi connectivity index (χ4n) is 1.25. The first-order valence-corrected chi connectivity index (χ1v) is 5.29. The third-order valence-corrected chi connectivity index (χ3v) is 2.53. The minimum absolute atomic E-state index is 0.0921. The van der Waals surface area contributed by atoms with Crippen LogP contribution >= 0.6 is 0 Å². The van der Waals surface area contributed by atoms with Crippen LogP contribution in [0.15, 0.2) is 18.2 Å². The Labute approximate surface area is 96.4 Å². The van der Waals surface area contributed by atoms with Crippen LogP contribution in [0.1, 0.15) is 19.4 Å². The van der Waals surface area contributed by atoms with Gasteiger partial charge in [0.1, 0.15) is 0 Å². The lowest BCUT2D eigenvalue weighted by atomic mass is 10.1. The predicted molar refractivity (Wildman–Crippen MR) is 64.6 cm³/mol. The second-order valence-corrected chi connectivity index (χ2v) is 4.45. The van der Waals surface area contributed by atoms with E-state index in [1.807, 2.05) is 26.0 Å². The number of hydrogen-bond donors (Lipinski definition) is 3. The van der Waals surface area contributed by atoms with Crippen molar-refractivity contribution in [1.82, 2.24) is 5.32 Å². The molecule has 0 amide bonds. The molecule has 1 aromatic carbocycles. The third kappa shape index (κ3) is 3.40. The zero-order valence-electron chi connectivity index (χ0n) is 10.1. The highest BCUT2D eigenvalue weighted by Gasteiger charge is 2.14. The van der Waals surface area contributed by atoms with Crippen LogP contribution in [0, 0.1) is 0 Å². The van der Waals surface area contributed by atoms with Gasteiger partial charge >= 0.3 is 0 Å². The molecule has 0 radical (unpaired) electrons. The van der Waals surface area contributed by atoms with E-state index in [1.165, 1.54) is 7.11 Å². The van der Waals surface area contributed by atoms with Gasteiger partial charge < -0.3 is 20.9 Å². The van der Waals surface area contributed by atoms with E-state index in [4.69, 9.17) is 10.5 Å². The van der Waals surface area contributed by atoms with Crippen molar-refractivity contribution in [2.45, 2.75) is 25.9 Å². The van der Waals surface area contributed by atoms with Gasteiger partial charge in [-0.1, -0.05) is 6.07 Å². The summed E-state index contributed by atoms with van der Waals surface area (Å²) in [5, 5.41) is 12.8. The van der Waals surface area contributed by atoms with E-state index in [1.54, 1.807) is 6.07 Å². The second-order valence-electron chi connectivity index (χ2n) is 4.45. The summed E-state index contributed by atoms with van der Waals surface area (Å²) in [6.45, 7) is 5.36. The second kappa shape index (κ2) is 5.18. The number of benzene rings is 1. The molecule has 0 aliphatic rings. The van der Waals surface area contributed by atoms with E-state index in [0.29, 0.717) is 18.8 Å². The van der Waals surface area contributed by atoms with Crippen molar-refractivity contribution in [2.24, 2.45) is 5.73 Å². The van der Waals surface area contributed by atoms with Crippen LogP contribution in [0.4, 0.5) is 0 Å². The van der Waals surface area contributed by atoms with E-state index in [9.17, 15) is 5.11 Å². The van der Waals surface area contributed by atoms with E-state index in [-0.39, 0.29) is 11.3 Å². The summed E-state index contributed by atoms with van der Waals surface area (Å²) in [6, 6.07) is 5.30. The Hall–Kier alpha value is -1.26. The van der Waals surface area contributed by atoms with Crippen molar-refractivity contribution in [1.29, 1.82) is 0 Å². The lowest BCUT2D eigenvalue weighted by Gasteiger charge is -2.24. The van der Waals surface area contributed by atoms with Crippen LogP contribution in [0.2, 0.25) is 0 Å². The molecule has 4 N–H and O–H groups in total. The molecule has 0 aliphatic heterocycles. The topological polar surface area (TPSA) is 67.5 Å². The molecule has 0 aliphatic carbocycles. The summed E-state index contributed by atoms with van der Waals surface area (Å²) in [7, 11) is 1.54. The molecule has 16 heavy (non-hydrogen) atoms. The molecule has 4 nitrogen and oxygen atoms in total. The molecule has 0 saturated heterocycles. The van der Waals surface area contributed by atoms with Crippen LogP contribution in [-0.2, 0) is 6.54 Å². The summed E-state index contributed by atoms with van der Waals surface area (Å²) in [5.74, 6) is 0.647. The van der Waals surface area contributed by atoms with E-state index in [2.05, 4.69) is 5.32 Å². The zero-order valence-corrected chi connectivity index (χ0v) is 10.1. The van der Waals surface area contributed by atoms with Gasteiger partial charge in [-0.05, 0) is 31.5 Å². The normalized spacial score (nSPS) is 11.5. The maximum atomic E-state index is 9.44. The molecule has 1 rings (SSSR count). The summed E-state index contributed by atoms with van der Waals surface area (Å²) in [6.07, 6.45) is 0. The Morgan fingerprint density at radius 1 is 1.44 bits per heavy atom. The van der Waals surface area contributed by atoms with Gasteiger partial charge in [-0.3, -0.25) is 0 Å². The van der Waals surface area contributed by atoms with E-state index in [0.717, 1.165) is 5.56 Å². The smallest absolute Gasteiger partial charge is 0.160 e. The molecule has 0 saturated carbocycles. The van der Waals surface area contributed by atoms with Gasteiger partial charge in [0, 0.05) is 18.6 Å². The molecule has 0 spiro atoms. The minimum atomic E-state index is -0.0921. The van der Waals surface area contributed by atoms with Gasteiger partial charge in [-0.2, -0.15) is 0 Å². The van der Waals surface area contributed by atoms with Gasteiger partial charge in [0.15, 0.2) is 11.5 Å². The Bertz CT molecular complexity index is 351. The van der Waals surface area contributed by atoms with Crippen LogP contribution in [0.25, 0.3) is 0 Å². The minimum Gasteiger partial charge on any atom is -0.504 e. The van der Waals surface area contributed by atoms with Gasteiger partial charge in [0.05, 0.1) is 7.11 Å². The fourth-order valence-corrected chi connectivity index (χ4v) is 1.25. The molecule has 0 bridgehead atoms. The molecular weight excluding hydrogens is 204 g/mol. The Kier molecular flexibility index (Phi) is 4.15. The van der Waals surface area contributed by atoms with Gasteiger partial charge in [0.2, 0.25) is 0 Å².